The lowest BCUT2D eigenvalue weighted by atomic mass is 10.1. The largest absolute Gasteiger partial charge is 0.331 e. The van der Waals surface area contributed by atoms with Crippen LogP contribution in [-0.2, 0) is 0 Å². The van der Waals surface area contributed by atoms with Crippen LogP contribution in [0.4, 0.5) is 5.69 Å². The van der Waals surface area contributed by atoms with Crippen LogP contribution in [0.1, 0.15) is 24.5 Å². The van der Waals surface area contributed by atoms with Crippen LogP contribution in [0.2, 0.25) is 5.02 Å². The molecule has 0 spiro atoms. The molecule has 2 aromatic carbocycles. The molecule has 0 saturated heterocycles. The molecular weight excluding hydrogens is 314 g/mol. The van der Waals surface area contributed by atoms with Crippen LogP contribution < -0.4 is 10.7 Å². The fraction of sp³-hybridized carbons (Fsp3) is 0.176. The zero-order chi connectivity index (χ0) is 15.9. The van der Waals surface area contributed by atoms with Gasteiger partial charge in [0, 0.05) is 10.7 Å². The topological polar surface area (TPSA) is 36.4 Å². The van der Waals surface area contributed by atoms with Crippen molar-refractivity contribution in [2.75, 3.05) is 5.32 Å². The number of aryl methyl sites for hydroxylation is 1. The Morgan fingerprint density at radius 2 is 1.82 bits per heavy atom. The SMILES string of the molecule is CC/C(=N/NC(=S)Nc1ccccc1C)c1ccc(Cl)cc1. The Hall–Kier alpha value is -1.91. The van der Waals surface area contributed by atoms with Crippen molar-refractivity contribution in [3.05, 3.63) is 64.7 Å². The molecule has 0 amide bonds. The van der Waals surface area contributed by atoms with Gasteiger partial charge in [-0.15, -0.1) is 0 Å². The molecular formula is C17H18ClN3S. The quantitative estimate of drug-likeness (QED) is 0.482. The maximum absolute atomic E-state index is 5.91. The number of rotatable bonds is 4. The Labute approximate surface area is 141 Å². The number of benzene rings is 2. The second-order valence-electron chi connectivity index (χ2n) is 4.80. The molecule has 0 unspecified atom stereocenters. The normalized spacial score (nSPS) is 11.1. The maximum Gasteiger partial charge on any atom is 0.191 e. The molecule has 0 saturated carbocycles. The molecule has 0 aliphatic carbocycles. The van der Waals surface area contributed by atoms with Crippen molar-refractivity contribution in [3.8, 4) is 0 Å². The van der Waals surface area contributed by atoms with E-state index in [1.165, 1.54) is 0 Å². The van der Waals surface area contributed by atoms with Gasteiger partial charge in [-0.3, -0.25) is 5.43 Å². The first-order chi connectivity index (χ1) is 10.6. The van der Waals surface area contributed by atoms with Crippen LogP contribution >= 0.6 is 23.8 Å². The Morgan fingerprint density at radius 1 is 1.14 bits per heavy atom. The highest BCUT2D eigenvalue weighted by Gasteiger charge is 2.03. The van der Waals surface area contributed by atoms with Gasteiger partial charge in [0.2, 0.25) is 0 Å². The summed E-state index contributed by atoms with van der Waals surface area (Å²) in [4.78, 5) is 0. The number of nitrogens with zero attached hydrogens (tertiary/aromatic N) is 1. The van der Waals surface area contributed by atoms with Gasteiger partial charge >= 0.3 is 0 Å². The third-order valence-corrected chi connectivity index (χ3v) is 3.64. The first kappa shape index (κ1) is 16.5. The first-order valence-electron chi connectivity index (χ1n) is 7.05. The van der Waals surface area contributed by atoms with Gasteiger partial charge in [0.1, 0.15) is 0 Å². The summed E-state index contributed by atoms with van der Waals surface area (Å²) < 4.78 is 0. The van der Waals surface area contributed by atoms with Gasteiger partial charge in [-0.1, -0.05) is 48.9 Å². The molecule has 2 aromatic rings. The van der Waals surface area contributed by atoms with Gasteiger partial charge in [-0.2, -0.15) is 5.10 Å². The molecule has 0 heterocycles. The summed E-state index contributed by atoms with van der Waals surface area (Å²) in [6, 6.07) is 15.6. The summed E-state index contributed by atoms with van der Waals surface area (Å²) in [6.07, 6.45) is 0.793. The van der Waals surface area contributed by atoms with E-state index in [9.17, 15) is 0 Å². The highest BCUT2D eigenvalue weighted by molar-refractivity contribution is 7.80. The molecule has 0 radical (unpaired) electrons. The number of hydrazone groups is 1. The first-order valence-corrected chi connectivity index (χ1v) is 7.84. The molecule has 0 aromatic heterocycles. The summed E-state index contributed by atoms with van der Waals surface area (Å²) in [5, 5.41) is 8.71. The van der Waals surface area contributed by atoms with Crippen molar-refractivity contribution in [1.82, 2.24) is 5.43 Å². The number of thiocarbonyl (C=S) groups is 1. The van der Waals surface area contributed by atoms with E-state index in [-0.39, 0.29) is 0 Å². The van der Waals surface area contributed by atoms with Crippen LogP contribution in [-0.4, -0.2) is 10.8 Å². The summed E-state index contributed by atoms with van der Waals surface area (Å²) in [7, 11) is 0. The van der Waals surface area contributed by atoms with Crippen molar-refractivity contribution >= 4 is 40.3 Å². The molecule has 0 aliphatic heterocycles. The van der Waals surface area contributed by atoms with Gasteiger partial charge in [-0.25, -0.2) is 0 Å². The van der Waals surface area contributed by atoms with Gasteiger partial charge in [-0.05, 0) is 54.9 Å². The van der Waals surface area contributed by atoms with Crippen LogP contribution in [0.25, 0.3) is 0 Å². The van der Waals surface area contributed by atoms with E-state index >= 15 is 0 Å². The van der Waals surface area contributed by atoms with Gasteiger partial charge in [0.25, 0.3) is 0 Å². The van der Waals surface area contributed by atoms with E-state index in [1.54, 1.807) is 0 Å². The Morgan fingerprint density at radius 3 is 2.45 bits per heavy atom. The van der Waals surface area contributed by atoms with Gasteiger partial charge in [0.05, 0.1) is 5.71 Å². The predicted molar refractivity (Wildman–Crippen MR) is 98.8 cm³/mol. The monoisotopic (exact) mass is 331 g/mol. The van der Waals surface area contributed by atoms with E-state index < -0.39 is 0 Å². The van der Waals surface area contributed by atoms with Gasteiger partial charge < -0.3 is 5.32 Å². The summed E-state index contributed by atoms with van der Waals surface area (Å²) in [6.45, 7) is 4.08. The average molecular weight is 332 g/mol. The number of hydrogen-bond donors (Lipinski definition) is 2. The maximum atomic E-state index is 5.91. The molecule has 5 heteroatoms. The number of para-hydroxylation sites is 1. The second kappa shape index (κ2) is 7.92. The molecule has 0 aliphatic rings. The lowest BCUT2D eigenvalue weighted by Crippen LogP contribution is -2.25. The van der Waals surface area contributed by atoms with Crippen LogP contribution in [0, 0.1) is 6.92 Å². The zero-order valence-electron chi connectivity index (χ0n) is 12.6. The smallest absolute Gasteiger partial charge is 0.191 e. The minimum atomic E-state index is 0.467. The van der Waals surface area contributed by atoms with Crippen molar-refractivity contribution < 1.29 is 0 Å². The lowest BCUT2D eigenvalue weighted by molar-refractivity contribution is 1.02. The second-order valence-corrected chi connectivity index (χ2v) is 5.64. The minimum Gasteiger partial charge on any atom is -0.331 e. The number of halogens is 1. The van der Waals surface area contributed by atoms with Crippen molar-refractivity contribution in [1.29, 1.82) is 0 Å². The lowest BCUT2D eigenvalue weighted by Gasteiger charge is -2.11. The molecule has 2 rings (SSSR count). The zero-order valence-corrected chi connectivity index (χ0v) is 14.1. The highest BCUT2D eigenvalue weighted by Crippen LogP contribution is 2.13. The summed E-state index contributed by atoms with van der Waals surface area (Å²) >= 11 is 11.2. The summed E-state index contributed by atoms with van der Waals surface area (Å²) in [5.74, 6) is 0. The standard InChI is InChI=1S/C17H18ClN3S/c1-3-15(13-8-10-14(18)11-9-13)20-21-17(22)19-16-7-5-4-6-12(16)2/h4-11H,3H2,1-2H3,(H2,19,21,22)/b20-15-. The number of anilines is 1. The van der Waals surface area contributed by atoms with E-state index in [0.29, 0.717) is 10.1 Å². The fourth-order valence-electron chi connectivity index (χ4n) is 1.97. The molecule has 0 atom stereocenters. The Kier molecular flexibility index (Phi) is 5.92. The van der Waals surface area contributed by atoms with Gasteiger partial charge in [0.15, 0.2) is 5.11 Å². The van der Waals surface area contributed by atoms with Crippen LogP contribution in [0.5, 0.6) is 0 Å². The van der Waals surface area contributed by atoms with E-state index in [1.807, 2.05) is 62.4 Å². The third-order valence-electron chi connectivity index (χ3n) is 3.20. The molecule has 0 bridgehead atoms. The van der Waals surface area contributed by atoms with E-state index in [4.69, 9.17) is 23.8 Å². The average Bonchev–Trinajstić information content (AvgIpc) is 2.52. The van der Waals surface area contributed by atoms with E-state index in [0.717, 1.165) is 28.9 Å². The van der Waals surface area contributed by atoms with Crippen molar-refractivity contribution in [2.45, 2.75) is 20.3 Å². The Balaban J connectivity index is 2.04. The number of hydrogen-bond acceptors (Lipinski definition) is 2. The van der Waals surface area contributed by atoms with Crippen molar-refractivity contribution in [2.24, 2.45) is 5.10 Å². The number of nitrogens with one attached hydrogen (secondary N) is 2. The molecule has 0 fully saturated rings. The third kappa shape index (κ3) is 4.55. The van der Waals surface area contributed by atoms with E-state index in [2.05, 4.69) is 15.8 Å². The summed E-state index contributed by atoms with van der Waals surface area (Å²) in [5.41, 5.74) is 6.95. The molecule has 2 N–H and O–H groups in total. The molecule has 22 heavy (non-hydrogen) atoms. The minimum absolute atomic E-state index is 0.467. The molecule has 114 valence electrons. The highest BCUT2D eigenvalue weighted by atomic mass is 35.5. The molecule has 3 nitrogen and oxygen atoms in total. The Bertz CT molecular complexity index is 681. The van der Waals surface area contributed by atoms with Crippen LogP contribution in [0.15, 0.2) is 53.6 Å². The fourth-order valence-corrected chi connectivity index (χ4v) is 2.25. The van der Waals surface area contributed by atoms with Crippen LogP contribution in [0.3, 0.4) is 0 Å². The van der Waals surface area contributed by atoms with Crippen molar-refractivity contribution in [3.63, 3.8) is 0 Å². The predicted octanol–water partition coefficient (Wildman–Crippen LogP) is 4.75.